The van der Waals surface area contributed by atoms with Gasteiger partial charge in [0.1, 0.15) is 5.82 Å². The first kappa shape index (κ1) is 11.7. The van der Waals surface area contributed by atoms with E-state index >= 15 is 0 Å². The van der Waals surface area contributed by atoms with Crippen molar-refractivity contribution < 1.29 is 0 Å². The summed E-state index contributed by atoms with van der Waals surface area (Å²) in [6.45, 7) is 6.38. The Kier molecular flexibility index (Phi) is 3.18. The van der Waals surface area contributed by atoms with Gasteiger partial charge in [0.15, 0.2) is 0 Å². The minimum Gasteiger partial charge on any atom is -0.384 e. The summed E-state index contributed by atoms with van der Waals surface area (Å²) in [5, 5.41) is 4.53. The minimum absolute atomic E-state index is 0.397. The van der Waals surface area contributed by atoms with Crippen LogP contribution in [0.25, 0.3) is 5.69 Å². The van der Waals surface area contributed by atoms with Gasteiger partial charge in [0.05, 0.1) is 11.4 Å². The summed E-state index contributed by atoms with van der Waals surface area (Å²) in [5.74, 6) is 1.09. The van der Waals surface area contributed by atoms with Gasteiger partial charge in [0, 0.05) is 6.07 Å². The Morgan fingerprint density at radius 2 is 1.88 bits per heavy atom. The molecule has 17 heavy (non-hydrogen) atoms. The van der Waals surface area contributed by atoms with Crippen LogP contribution in [0.5, 0.6) is 0 Å². The average Bonchev–Trinajstić information content (AvgIpc) is 2.72. The molecular weight excluding hydrogens is 210 g/mol. The summed E-state index contributed by atoms with van der Waals surface area (Å²) in [4.78, 5) is 0. The van der Waals surface area contributed by atoms with Crippen molar-refractivity contribution in [3.05, 3.63) is 41.6 Å². The molecule has 0 fully saturated rings. The summed E-state index contributed by atoms with van der Waals surface area (Å²) in [6, 6.07) is 10.3. The SMILES string of the molecule is CCc1ccc(-n2nc(C(C)C)cc2N)cc1. The molecule has 2 aromatic rings. The molecule has 0 aliphatic carbocycles. The zero-order chi connectivity index (χ0) is 12.4. The Morgan fingerprint density at radius 3 is 2.35 bits per heavy atom. The van der Waals surface area contributed by atoms with Crippen LogP contribution >= 0.6 is 0 Å². The number of benzene rings is 1. The molecule has 2 N–H and O–H groups in total. The van der Waals surface area contributed by atoms with Crippen molar-refractivity contribution >= 4 is 5.82 Å². The molecule has 0 aliphatic rings. The lowest BCUT2D eigenvalue weighted by Gasteiger charge is -2.05. The zero-order valence-corrected chi connectivity index (χ0v) is 10.6. The van der Waals surface area contributed by atoms with Crippen LogP contribution < -0.4 is 5.73 Å². The van der Waals surface area contributed by atoms with Crippen molar-refractivity contribution in [3.63, 3.8) is 0 Å². The number of hydrogen-bond acceptors (Lipinski definition) is 2. The van der Waals surface area contributed by atoms with Crippen LogP contribution in [0.2, 0.25) is 0 Å². The fourth-order valence-electron chi connectivity index (χ4n) is 1.78. The quantitative estimate of drug-likeness (QED) is 0.878. The van der Waals surface area contributed by atoms with E-state index in [2.05, 4.69) is 50.1 Å². The molecule has 0 bridgehead atoms. The molecule has 0 saturated heterocycles. The van der Waals surface area contributed by atoms with E-state index in [9.17, 15) is 0 Å². The Balaban J connectivity index is 2.38. The van der Waals surface area contributed by atoms with Crippen LogP contribution in [0.3, 0.4) is 0 Å². The third kappa shape index (κ3) is 2.33. The van der Waals surface area contributed by atoms with E-state index in [1.54, 1.807) is 4.68 Å². The Hall–Kier alpha value is -1.77. The van der Waals surface area contributed by atoms with E-state index in [4.69, 9.17) is 5.73 Å². The molecule has 0 saturated carbocycles. The molecule has 0 unspecified atom stereocenters. The van der Waals surface area contributed by atoms with Crippen molar-refractivity contribution in [2.45, 2.75) is 33.1 Å². The maximum Gasteiger partial charge on any atom is 0.127 e. The highest BCUT2D eigenvalue weighted by molar-refractivity contribution is 5.44. The lowest BCUT2D eigenvalue weighted by atomic mass is 10.1. The zero-order valence-electron chi connectivity index (χ0n) is 10.6. The first-order valence-electron chi connectivity index (χ1n) is 6.06. The largest absolute Gasteiger partial charge is 0.384 e. The second-order valence-electron chi connectivity index (χ2n) is 4.58. The van der Waals surface area contributed by atoms with E-state index in [0.717, 1.165) is 17.8 Å². The number of nitrogens with two attached hydrogens (primary N) is 1. The third-order valence-electron chi connectivity index (χ3n) is 2.94. The maximum atomic E-state index is 5.98. The van der Waals surface area contributed by atoms with E-state index in [1.807, 2.05) is 6.07 Å². The highest BCUT2D eigenvalue weighted by Crippen LogP contribution is 2.20. The summed E-state index contributed by atoms with van der Waals surface area (Å²) >= 11 is 0. The fraction of sp³-hybridized carbons (Fsp3) is 0.357. The Morgan fingerprint density at radius 1 is 1.24 bits per heavy atom. The molecule has 1 aromatic heterocycles. The van der Waals surface area contributed by atoms with Gasteiger partial charge in [-0.25, -0.2) is 4.68 Å². The van der Waals surface area contributed by atoms with Crippen molar-refractivity contribution in [1.29, 1.82) is 0 Å². The van der Waals surface area contributed by atoms with Crippen molar-refractivity contribution in [2.75, 3.05) is 5.73 Å². The molecule has 1 heterocycles. The number of nitrogen functional groups attached to an aromatic ring is 1. The molecule has 0 spiro atoms. The monoisotopic (exact) mass is 229 g/mol. The van der Waals surface area contributed by atoms with Crippen molar-refractivity contribution in [2.24, 2.45) is 0 Å². The molecule has 0 amide bonds. The third-order valence-corrected chi connectivity index (χ3v) is 2.94. The van der Waals surface area contributed by atoms with Crippen molar-refractivity contribution in [3.8, 4) is 5.69 Å². The maximum absolute atomic E-state index is 5.98. The van der Waals surface area contributed by atoms with Crippen LogP contribution in [0.15, 0.2) is 30.3 Å². The number of aryl methyl sites for hydroxylation is 1. The van der Waals surface area contributed by atoms with Gasteiger partial charge in [-0.3, -0.25) is 0 Å². The lowest BCUT2D eigenvalue weighted by Crippen LogP contribution is -2.02. The van der Waals surface area contributed by atoms with Crippen LogP contribution in [0.4, 0.5) is 5.82 Å². The molecule has 3 heteroatoms. The van der Waals surface area contributed by atoms with E-state index in [-0.39, 0.29) is 0 Å². The highest BCUT2D eigenvalue weighted by atomic mass is 15.3. The highest BCUT2D eigenvalue weighted by Gasteiger charge is 2.09. The van der Waals surface area contributed by atoms with Crippen LogP contribution in [0.1, 0.15) is 37.9 Å². The van der Waals surface area contributed by atoms with E-state index in [0.29, 0.717) is 11.7 Å². The van der Waals surface area contributed by atoms with E-state index in [1.165, 1.54) is 5.56 Å². The predicted octanol–water partition coefficient (Wildman–Crippen LogP) is 3.14. The van der Waals surface area contributed by atoms with Crippen LogP contribution in [-0.2, 0) is 6.42 Å². The molecule has 3 nitrogen and oxygen atoms in total. The average molecular weight is 229 g/mol. The topological polar surface area (TPSA) is 43.8 Å². The standard InChI is InChI=1S/C14H19N3/c1-4-11-5-7-12(8-6-11)17-14(15)9-13(16-17)10(2)3/h5-10H,4,15H2,1-3H3. The van der Waals surface area contributed by atoms with Gasteiger partial charge in [-0.05, 0) is 30.0 Å². The second-order valence-corrected chi connectivity index (χ2v) is 4.58. The normalized spacial score (nSPS) is 11.1. The molecular formula is C14H19N3. The summed E-state index contributed by atoms with van der Waals surface area (Å²) < 4.78 is 1.80. The second kappa shape index (κ2) is 4.62. The Bertz CT molecular complexity index is 495. The minimum atomic E-state index is 0.397. The number of aromatic nitrogens is 2. The van der Waals surface area contributed by atoms with Gasteiger partial charge in [-0.1, -0.05) is 32.9 Å². The molecule has 0 aliphatic heterocycles. The molecule has 0 atom stereocenters. The predicted molar refractivity (Wildman–Crippen MR) is 71.4 cm³/mol. The first-order valence-corrected chi connectivity index (χ1v) is 6.06. The van der Waals surface area contributed by atoms with Crippen LogP contribution in [0, 0.1) is 0 Å². The summed E-state index contributed by atoms with van der Waals surface area (Å²) in [7, 11) is 0. The smallest absolute Gasteiger partial charge is 0.127 e. The number of rotatable bonds is 3. The summed E-state index contributed by atoms with van der Waals surface area (Å²) in [6.07, 6.45) is 1.05. The number of nitrogens with zero attached hydrogens (tertiary/aromatic N) is 2. The number of anilines is 1. The van der Waals surface area contributed by atoms with Gasteiger partial charge in [0.2, 0.25) is 0 Å². The molecule has 1 aromatic carbocycles. The van der Waals surface area contributed by atoms with Gasteiger partial charge < -0.3 is 5.73 Å². The fourth-order valence-corrected chi connectivity index (χ4v) is 1.78. The van der Waals surface area contributed by atoms with Gasteiger partial charge in [-0.15, -0.1) is 0 Å². The first-order chi connectivity index (χ1) is 8.11. The Labute approximate surface area is 102 Å². The van der Waals surface area contributed by atoms with Crippen molar-refractivity contribution in [1.82, 2.24) is 9.78 Å². The molecule has 0 radical (unpaired) electrons. The summed E-state index contributed by atoms with van der Waals surface area (Å²) in [5.41, 5.74) is 9.35. The van der Waals surface area contributed by atoms with E-state index < -0.39 is 0 Å². The number of hydrogen-bond donors (Lipinski definition) is 1. The van der Waals surface area contributed by atoms with Gasteiger partial charge >= 0.3 is 0 Å². The van der Waals surface area contributed by atoms with Crippen LogP contribution in [-0.4, -0.2) is 9.78 Å². The van der Waals surface area contributed by atoms with Gasteiger partial charge in [0.25, 0.3) is 0 Å². The molecule has 2 rings (SSSR count). The van der Waals surface area contributed by atoms with Gasteiger partial charge in [-0.2, -0.15) is 5.10 Å². The molecule has 90 valence electrons. The lowest BCUT2D eigenvalue weighted by molar-refractivity contribution is 0.771.